The number of halogens is 1. The number of rotatable bonds is 5. The van der Waals surface area contributed by atoms with Crippen molar-refractivity contribution < 1.29 is 4.79 Å². The van der Waals surface area contributed by atoms with Crippen molar-refractivity contribution in [3.8, 4) is 6.07 Å². The van der Waals surface area contributed by atoms with E-state index in [9.17, 15) is 10.1 Å². The standard InChI is InChI=1S/C26H30BrN3O/c1-6-11-30-24-12-17(2)19(14-23(24)18(3)15-26(30,4)5)13-20(16-28)25(31)29-22-9-7-21(27)8-10-22/h7-10,12-14,18H,6,11,15H2,1-5H3,(H,29,31)/b20-13+. The summed E-state index contributed by atoms with van der Waals surface area (Å²) in [6.45, 7) is 12.2. The van der Waals surface area contributed by atoms with Crippen LogP contribution in [0, 0.1) is 18.3 Å². The molecule has 5 heteroatoms. The number of carbonyl (C=O) groups excluding carboxylic acids is 1. The van der Waals surface area contributed by atoms with E-state index in [-0.39, 0.29) is 11.1 Å². The zero-order valence-corrected chi connectivity index (χ0v) is 20.5. The molecule has 0 aromatic heterocycles. The monoisotopic (exact) mass is 479 g/mol. The van der Waals surface area contributed by atoms with Gasteiger partial charge < -0.3 is 10.2 Å². The Balaban J connectivity index is 1.96. The maximum absolute atomic E-state index is 12.7. The smallest absolute Gasteiger partial charge is 0.266 e. The summed E-state index contributed by atoms with van der Waals surface area (Å²) < 4.78 is 0.931. The number of nitriles is 1. The highest BCUT2D eigenvalue weighted by molar-refractivity contribution is 9.10. The van der Waals surface area contributed by atoms with E-state index in [0.717, 1.165) is 35.0 Å². The average molecular weight is 480 g/mol. The van der Waals surface area contributed by atoms with Crippen LogP contribution in [0.2, 0.25) is 0 Å². The Kier molecular flexibility index (Phi) is 6.91. The Hall–Kier alpha value is -2.58. The number of fused-ring (bicyclic) bond motifs is 1. The third-order valence-electron chi connectivity index (χ3n) is 5.99. The van der Waals surface area contributed by atoms with Crippen LogP contribution in [-0.4, -0.2) is 18.0 Å². The molecule has 4 nitrogen and oxygen atoms in total. The van der Waals surface area contributed by atoms with E-state index in [4.69, 9.17) is 0 Å². The lowest BCUT2D eigenvalue weighted by Crippen LogP contribution is -2.48. The van der Waals surface area contributed by atoms with Gasteiger partial charge in [-0.25, -0.2) is 0 Å². The zero-order chi connectivity index (χ0) is 22.8. The summed E-state index contributed by atoms with van der Waals surface area (Å²) in [5.41, 5.74) is 5.41. The molecule has 1 aliphatic heterocycles. The molecule has 0 saturated heterocycles. The molecule has 3 rings (SSSR count). The van der Waals surface area contributed by atoms with Crippen molar-refractivity contribution in [1.82, 2.24) is 0 Å². The summed E-state index contributed by atoms with van der Waals surface area (Å²) in [5, 5.41) is 12.5. The van der Waals surface area contributed by atoms with Crippen LogP contribution in [0.3, 0.4) is 0 Å². The molecule has 0 aliphatic carbocycles. The van der Waals surface area contributed by atoms with Crippen molar-refractivity contribution in [2.24, 2.45) is 0 Å². The Morgan fingerprint density at radius 3 is 2.61 bits per heavy atom. The Morgan fingerprint density at radius 2 is 2.00 bits per heavy atom. The first-order valence-electron chi connectivity index (χ1n) is 10.8. The van der Waals surface area contributed by atoms with E-state index in [0.29, 0.717) is 11.6 Å². The molecule has 0 spiro atoms. The molecule has 1 unspecified atom stereocenters. The van der Waals surface area contributed by atoms with E-state index in [2.05, 4.69) is 72.0 Å². The summed E-state index contributed by atoms with van der Waals surface area (Å²) in [6, 6.07) is 13.8. The number of benzene rings is 2. The first-order valence-corrected chi connectivity index (χ1v) is 11.6. The lowest BCUT2D eigenvalue weighted by atomic mass is 9.78. The van der Waals surface area contributed by atoms with E-state index in [1.54, 1.807) is 18.2 Å². The fraction of sp³-hybridized carbons (Fsp3) is 0.385. The third-order valence-corrected chi connectivity index (χ3v) is 6.52. The molecule has 31 heavy (non-hydrogen) atoms. The normalized spacial score (nSPS) is 17.6. The summed E-state index contributed by atoms with van der Waals surface area (Å²) in [7, 11) is 0. The van der Waals surface area contributed by atoms with Crippen molar-refractivity contribution in [2.45, 2.75) is 58.9 Å². The van der Waals surface area contributed by atoms with Gasteiger partial charge in [0.05, 0.1) is 0 Å². The Morgan fingerprint density at radius 1 is 1.32 bits per heavy atom. The quantitative estimate of drug-likeness (QED) is 0.378. The van der Waals surface area contributed by atoms with Gasteiger partial charge in [0, 0.05) is 27.9 Å². The van der Waals surface area contributed by atoms with Gasteiger partial charge in [0.25, 0.3) is 5.91 Å². The molecule has 1 atom stereocenters. The number of carbonyl (C=O) groups is 1. The molecule has 1 amide bonds. The van der Waals surface area contributed by atoms with Crippen molar-refractivity contribution >= 4 is 39.3 Å². The van der Waals surface area contributed by atoms with Gasteiger partial charge in [-0.05, 0) is 98.7 Å². The number of nitrogens with zero attached hydrogens (tertiary/aromatic N) is 2. The van der Waals surface area contributed by atoms with E-state index < -0.39 is 5.91 Å². The van der Waals surface area contributed by atoms with Crippen LogP contribution in [0.15, 0.2) is 46.4 Å². The predicted molar refractivity (Wildman–Crippen MR) is 132 cm³/mol. The minimum Gasteiger partial charge on any atom is -0.366 e. The molecule has 1 N–H and O–H groups in total. The maximum atomic E-state index is 12.7. The summed E-state index contributed by atoms with van der Waals surface area (Å²) in [4.78, 5) is 15.2. The van der Waals surface area contributed by atoms with E-state index >= 15 is 0 Å². The molecule has 0 saturated carbocycles. The topological polar surface area (TPSA) is 56.1 Å². The second kappa shape index (κ2) is 9.28. The average Bonchev–Trinajstić information content (AvgIpc) is 2.71. The molecular formula is C26H30BrN3O. The highest BCUT2D eigenvalue weighted by Gasteiger charge is 2.36. The van der Waals surface area contributed by atoms with E-state index in [1.807, 2.05) is 19.1 Å². The molecule has 1 aliphatic rings. The number of aryl methyl sites for hydroxylation is 1. The van der Waals surface area contributed by atoms with Gasteiger partial charge in [-0.1, -0.05) is 29.8 Å². The lowest BCUT2D eigenvalue weighted by Gasteiger charge is -2.48. The fourth-order valence-corrected chi connectivity index (χ4v) is 4.75. The minimum absolute atomic E-state index is 0.0974. The predicted octanol–water partition coefficient (Wildman–Crippen LogP) is 6.81. The summed E-state index contributed by atoms with van der Waals surface area (Å²) in [5.74, 6) is 0.0109. The lowest BCUT2D eigenvalue weighted by molar-refractivity contribution is -0.112. The van der Waals surface area contributed by atoms with Crippen LogP contribution in [0.1, 0.15) is 63.1 Å². The van der Waals surface area contributed by atoms with Gasteiger partial charge in [0.2, 0.25) is 0 Å². The largest absolute Gasteiger partial charge is 0.366 e. The molecular weight excluding hydrogens is 450 g/mol. The second-order valence-electron chi connectivity index (χ2n) is 8.97. The molecule has 2 aromatic carbocycles. The molecule has 0 radical (unpaired) electrons. The van der Waals surface area contributed by atoms with Crippen molar-refractivity contribution in [2.75, 3.05) is 16.8 Å². The van der Waals surface area contributed by atoms with Crippen LogP contribution in [0.5, 0.6) is 0 Å². The number of anilines is 2. The second-order valence-corrected chi connectivity index (χ2v) is 9.88. The number of hydrogen-bond acceptors (Lipinski definition) is 3. The molecule has 1 heterocycles. The number of amides is 1. The van der Waals surface area contributed by atoms with Gasteiger partial charge >= 0.3 is 0 Å². The van der Waals surface area contributed by atoms with Gasteiger partial charge in [-0.3, -0.25) is 4.79 Å². The summed E-state index contributed by atoms with van der Waals surface area (Å²) in [6.07, 6.45) is 3.87. The fourth-order valence-electron chi connectivity index (χ4n) is 4.49. The Bertz CT molecular complexity index is 1050. The third kappa shape index (κ3) is 5.02. The summed E-state index contributed by atoms with van der Waals surface area (Å²) >= 11 is 3.38. The molecule has 0 bridgehead atoms. The Labute approximate surface area is 194 Å². The highest BCUT2D eigenvalue weighted by atomic mass is 79.9. The van der Waals surface area contributed by atoms with Crippen molar-refractivity contribution in [1.29, 1.82) is 5.26 Å². The van der Waals surface area contributed by atoms with Gasteiger partial charge in [0.15, 0.2) is 0 Å². The molecule has 0 fully saturated rings. The van der Waals surface area contributed by atoms with Crippen LogP contribution in [-0.2, 0) is 4.79 Å². The van der Waals surface area contributed by atoms with Gasteiger partial charge in [0.1, 0.15) is 11.6 Å². The van der Waals surface area contributed by atoms with Crippen molar-refractivity contribution in [3.63, 3.8) is 0 Å². The van der Waals surface area contributed by atoms with Crippen molar-refractivity contribution in [3.05, 3.63) is 63.1 Å². The molecule has 162 valence electrons. The highest BCUT2D eigenvalue weighted by Crippen LogP contribution is 2.44. The van der Waals surface area contributed by atoms with Crippen LogP contribution < -0.4 is 10.2 Å². The van der Waals surface area contributed by atoms with Gasteiger partial charge in [-0.2, -0.15) is 5.26 Å². The maximum Gasteiger partial charge on any atom is 0.266 e. The first-order chi connectivity index (χ1) is 14.7. The zero-order valence-electron chi connectivity index (χ0n) is 18.9. The first kappa shape index (κ1) is 23.1. The minimum atomic E-state index is -0.399. The van der Waals surface area contributed by atoms with Gasteiger partial charge in [-0.15, -0.1) is 0 Å². The van der Waals surface area contributed by atoms with Crippen LogP contribution in [0.4, 0.5) is 11.4 Å². The number of hydrogen-bond donors (Lipinski definition) is 1. The van der Waals surface area contributed by atoms with Crippen LogP contribution in [0.25, 0.3) is 6.08 Å². The van der Waals surface area contributed by atoms with E-state index in [1.165, 1.54) is 11.3 Å². The molecule has 2 aromatic rings. The van der Waals surface area contributed by atoms with Crippen LogP contribution >= 0.6 is 15.9 Å². The number of nitrogens with one attached hydrogen (secondary N) is 1. The SMILES string of the molecule is CCCN1c2cc(C)c(/C=C(\C#N)C(=O)Nc3ccc(Br)cc3)cc2C(C)CC1(C)C.